The molecule has 0 radical (unpaired) electrons. The van der Waals surface area contributed by atoms with Gasteiger partial charge in [0.25, 0.3) is 0 Å². The van der Waals surface area contributed by atoms with E-state index in [1.165, 1.54) is 12.1 Å². The highest BCUT2D eigenvalue weighted by Gasteiger charge is 2.39. The third-order valence-electron chi connectivity index (χ3n) is 3.83. The summed E-state index contributed by atoms with van der Waals surface area (Å²) in [6.45, 7) is -0.926. The summed E-state index contributed by atoms with van der Waals surface area (Å²) in [7, 11) is 0. The van der Waals surface area contributed by atoms with Gasteiger partial charge in [0.05, 0.1) is 12.1 Å². The lowest BCUT2D eigenvalue weighted by atomic mass is 10.1. The second-order valence-electron chi connectivity index (χ2n) is 5.97. The van der Waals surface area contributed by atoms with Crippen LogP contribution in [0.2, 0.25) is 0 Å². The van der Waals surface area contributed by atoms with Gasteiger partial charge in [-0.05, 0) is 41.6 Å². The van der Waals surface area contributed by atoms with E-state index in [1.54, 1.807) is 24.3 Å². The number of para-hydroxylation sites is 1. The topological polar surface area (TPSA) is 75.9 Å². The molecule has 0 aliphatic heterocycles. The van der Waals surface area contributed by atoms with Crippen LogP contribution in [0.15, 0.2) is 48.5 Å². The second-order valence-corrected chi connectivity index (χ2v) is 5.97. The summed E-state index contributed by atoms with van der Waals surface area (Å²) < 4.78 is 75.4. The van der Waals surface area contributed by atoms with E-state index in [-0.39, 0.29) is 5.82 Å². The van der Waals surface area contributed by atoms with Crippen LogP contribution in [0.5, 0.6) is 0 Å². The third kappa shape index (κ3) is 5.02. The van der Waals surface area contributed by atoms with E-state index >= 15 is 0 Å². The first-order valence-corrected chi connectivity index (χ1v) is 8.10. The highest BCUT2D eigenvalue weighted by atomic mass is 19.4. The van der Waals surface area contributed by atoms with E-state index < -0.39 is 30.6 Å². The number of hydrogen-bond acceptors (Lipinski definition) is 5. The molecule has 1 heterocycles. The average Bonchev–Trinajstić information content (AvgIpc) is 3.09. The second kappa shape index (κ2) is 7.70. The number of nitrogens with zero attached hydrogens (tertiary/aromatic N) is 4. The Morgan fingerprint density at radius 2 is 1.62 bits per heavy atom. The lowest BCUT2D eigenvalue weighted by Gasteiger charge is -2.13. The van der Waals surface area contributed by atoms with Crippen LogP contribution in [0, 0.1) is 0 Å². The minimum absolute atomic E-state index is 0.0191. The molecule has 0 spiro atoms. The van der Waals surface area contributed by atoms with Gasteiger partial charge in [-0.25, -0.2) is 0 Å². The van der Waals surface area contributed by atoms with Gasteiger partial charge >= 0.3 is 12.4 Å². The Morgan fingerprint density at radius 1 is 0.966 bits per heavy atom. The number of aliphatic hydroxyl groups excluding tert-OH is 1. The van der Waals surface area contributed by atoms with Crippen LogP contribution in [0.4, 0.5) is 37.7 Å². The van der Waals surface area contributed by atoms with Crippen LogP contribution in [-0.2, 0) is 12.7 Å². The van der Waals surface area contributed by atoms with Gasteiger partial charge in [-0.3, -0.25) is 0 Å². The fourth-order valence-electron chi connectivity index (χ4n) is 2.37. The molecule has 29 heavy (non-hydrogen) atoms. The molecular weight excluding hydrogens is 404 g/mol. The number of aliphatic hydroxyl groups is 1. The zero-order valence-electron chi connectivity index (χ0n) is 14.4. The van der Waals surface area contributed by atoms with Gasteiger partial charge in [-0.2, -0.15) is 31.1 Å². The maximum atomic E-state index is 12.7. The molecular formula is C17H13F6N5O. The van der Waals surface area contributed by atoms with Crippen molar-refractivity contribution in [3.8, 4) is 11.4 Å². The fraction of sp³-hybridized carbons (Fsp3) is 0.235. The largest absolute Gasteiger partial charge is 0.416 e. The zero-order chi connectivity index (χ0) is 21.2. The van der Waals surface area contributed by atoms with Gasteiger partial charge in [0.15, 0.2) is 6.10 Å². The summed E-state index contributed by atoms with van der Waals surface area (Å²) in [6, 6.07) is 10.7. The number of anilines is 2. The van der Waals surface area contributed by atoms with E-state index in [0.717, 1.165) is 12.1 Å². The monoisotopic (exact) mass is 417 g/mol. The van der Waals surface area contributed by atoms with Gasteiger partial charge in [0.1, 0.15) is 0 Å². The molecule has 3 aromatic rings. The zero-order valence-corrected chi connectivity index (χ0v) is 14.4. The molecule has 3 rings (SSSR count). The SMILES string of the molecule is OC(Cn1nnc(-c2ccccc2Nc2ccc(C(F)(F)F)cc2)n1)C(F)(F)F. The molecule has 1 atom stereocenters. The van der Waals surface area contributed by atoms with E-state index in [2.05, 4.69) is 20.7 Å². The predicted molar refractivity (Wildman–Crippen MR) is 90.0 cm³/mol. The lowest BCUT2D eigenvalue weighted by molar-refractivity contribution is -0.208. The molecule has 1 unspecified atom stereocenters. The molecule has 0 aliphatic rings. The van der Waals surface area contributed by atoms with Crippen LogP contribution >= 0.6 is 0 Å². The predicted octanol–water partition coefficient (Wildman–Crippen LogP) is 4.03. The van der Waals surface area contributed by atoms with Crippen molar-refractivity contribution in [2.75, 3.05) is 5.32 Å². The molecule has 0 saturated carbocycles. The average molecular weight is 417 g/mol. The standard InChI is InChI=1S/C17H13F6N5O/c18-16(19,20)10-5-7-11(8-6-10)24-13-4-2-1-3-12(13)15-25-27-28(26-15)9-14(29)17(21,22)23/h1-8,14,24,29H,9H2. The summed E-state index contributed by atoms with van der Waals surface area (Å²) in [6.07, 6.45) is -11.9. The number of rotatable bonds is 5. The third-order valence-corrected chi connectivity index (χ3v) is 3.83. The molecule has 6 nitrogen and oxygen atoms in total. The van der Waals surface area contributed by atoms with Crippen LogP contribution in [-0.4, -0.2) is 37.6 Å². The molecule has 0 amide bonds. The van der Waals surface area contributed by atoms with Crippen LogP contribution < -0.4 is 5.32 Å². The van der Waals surface area contributed by atoms with Crippen molar-refractivity contribution in [1.29, 1.82) is 0 Å². The minimum atomic E-state index is -4.82. The Hall–Kier alpha value is -3.15. The molecule has 2 N–H and O–H groups in total. The number of alkyl halides is 6. The van der Waals surface area contributed by atoms with Crippen LogP contribution in [0.3, 0.4) is 0 Å². The first-order chi connectivity index (χ1) is 13.5. The molecule has 154 valence electrons. The minimum Gasteiger partial charge on any atom is -0.382 e. The van der Waals surface area contributed by atoms with Crippen molar-refractivity contribution in [1.82, 2.24) is 20.2 Å². The maximum absolute atomic E-state index is 12.7. The van der Waals surface area contributed by atoms with Crippen molar-refractivity contribution >= 4 is 11.4 Å². The van der Waals surface area contributed by atoms with Crippen molar-refractivity contribution in [3.63, 3.8) is 0 Å². The molecule has 0 saturated heterocycles. The number of halogens is 6. The van der Waals surface area contributed by atoms with Crippen LogP contribution in [0.1, 0.15) is 5.56 Å². The normalized spacial score (nSPS) is 13.3. The van der Waals surface area contributed by atoms with E-state index in [0.29, 0.717) is 21.7 Å². The summed E-state index contributed by atoms with van der Waals surface area (Å²) in [5.74, 6) is -0.0191. The molecule has 0 aliphatic carbocycles. The van der Waals surface area contributed by atoms with Crippen molar-refractivity contribution in [3.05, 3.63) is 54.1 Å². The first-order valence-electron chi connectivity index (χ1n) is 8.10. The van der Waals surface area contributed by atoms with Crippen molar-refractivity contribution in [2.24, 2.45) is 0 Å². The molecule has 2 aromatic carbocycles. The summed E-state index contributed by atoms with van der Waals surface area (Å²) in [5.41, 5.74) is 0.317. The Bertz CT molecular complexity index is 967. The Balaban J connectivity index is 1.81. The van der Waals surface area contributed by atoms with Gasteiger partial charge < -0.3 is 10.4 Å². The van der Waals surface area contributed by atoms with E-state index in [9.17, 15) is 26.3 Å². The highest BCUT2D eigenvalue weighted by Crippen LogP contribution is 2.32. The first kappa shape index (κ1) is 20.6. The number of hydrogen-bond donors (Lipinski definition) is 2. The van der Waals surface area contributed by atoms with Crippen molar-refractivity contribution < 1.29 is 31.4 Å². The summed E-state index contributed by atoms with van der Waals surface area (Å²) in [4.78, 5) is 0.613. The highest BCUT2D eigenvalue weighted by molar-refractivity contribution is 5.77. The number of nitrogens with one attached hydrogen (secondary N) is 1. The summed E-state index contributed by atoms with van der Waals surface area (Å²) >= 11 is 0. The van der Waals surface area contributed by atoms with E-state index in [1.807, 2.05) is 0 Å². The molecule has 1 aromatic heterocycles. The van der Waals surface area contributed by atoms with Crippen LogP contribution in [0.25, 0.3) is 11.4 Å². The Morgan fingerprint density at radius 3 is 2.24 bits per heavy atom. The van der Waals surface area contributed by atoms with Crippen molar-refractivity contribution in [2.45, 2.75) is 25.0 Å². The quantitative estimate of drug-likeness (QED) is 0.614. The maximum Gasteiger partial charge on any atom is 0.416 e. The Labute approximate surface area is 159 Å². The smallest absolute Gasteiger partial charge is 0.382 e. The van der Waals surface area contributed by atoms with Gasteiger partial charge in [0, 0.05) is 16.9 Å². The Kier molecular flexibility index (Phi) is 5.46. The molecule has 0 bridgehead atoms. The van der Waals surface area contributed by atoms with E-state index in [4.69, 9.17) is 5.11 Å². The molecule has 0 fully saturated rings. The number of benzene rings is 2. The van der Waals surface area contributed by atoms with Gasteiger partial charge in [-0.1, -0.05) is 12.1 Å². The summed E-state index contributed by atoms with van der Waals surface area (Å²) in [5, 5.41) is 23.0. The number of tetrazole rings is 1. The van der Waals surface area contributed by atoms with Gasteiger partial charge in [-0.15, -0.1) is 10.2 Å². The fourth-order valence-corrected chi connectivity index (χ4v) is 2.37. The lowest BCUT2D eigenvalue weighted by Crippen LogP contribution is -2.33. The number of aromatic nitrogens is 4. The van der Waals surface area contributed by atoms with Gasteiger partial charge in [0.2, 0.25) is 5.82 Å². The molecule has 12 heteroatoms.